The van der Waals surface area contributed by atoms with Gasteiger partial charge in [-0.15, -0.1) is 0 Å². The second-order valence-electron chi connectivity index (χ2n) is 4.29. The lowest BCUT2D eigenvalue weighted by atomic mass is 10.1. The number of benzene rings is 1. The van der Waals surface area contributed by atoms with Crippen molar-refractivity contribution >= 4 is 17.6 Å². The van der Waals surface area contributed by atoms with Crippen molar-refractivity contribution in [3.63, 3.8) is 0 Å². The summed E-state index contributed by atoms with van der Waals surface area (Å²) >= 11 is 0. The fraction of sp³-hybridized carbons (Fsp3) is 0.385. The van der Waals surface area contributed by atoms with Crippen molar-refractivity contribution in [3.05, 3.63) is 30.3 Å². The van der Waals surface area contributed by atoms with Crippen LogP contribution in [0.15, 0.2) is 30.3 Å². The minimum atomic E-state index is -0.451. The summed E-state index contributed by atoms with van der Waals surface area (Å²) in [7, 11) is 0. The third kappa shape index (κ3) is 3.31. The van der Waals surface area contributed by atoms with Gasteiger partial charge in [-0.05, 0) is 25.0 Å². The van der Waals surface area contributed by atoms with E-state index in [-0.39, 0.29) is 11.8 Å². The number of hydrogen-bond acceptors (Lipinski definition) is 2. The van der Waals surface area contributed by atoms with Crippen LogP contribution >= 0.6 is 0 Å². The Morgan fingerprint density at radius 2 is 1.71 bits per heavy atom. The first-order valence-corrected chi connectivity index (χ1v) is 5.92. The summed E-state index contributed by atoms with van der Waals surface area (Å²) in [4.78, 5) is 23.2. The molecule has 0 heterocycles. The normalized spacial score (nSPS) is 15.5. The van der Waals surface area contributed by atoms with Gasteiger partial charge in [-0.3, -0.25) is 10.1 Å². The number of nitrogens with one attached hydrogen (secondary N) is 2. The molecule has 90 valence electrons. The first kappa shape index (κ1) is 11.6. The number of carbonyl (C=O) groups excluding carboxylic acids is 2. The molecule has 2 rings (SSSR count). The Balaban J connectivity index is 1.83. The van der Waals surface area contributed by atoms with Gasteiger partial charge in [0.1, 0.15) is 0 Å². The van der Waals surface area contributed by atoms with Gasteiger partial charge in [-0.25, -0.2) is 4.79 Å². The fourth-order valence-electron chi connectivity index (χ4n) is 2.09. The summed E-state index contributed by atoms with van der Waals surface area (Å²) in [6, 6.07) is 8.63. The van der Waals surface area contributed by atoms with E-state index in [9.17, 15) is 9.59 Å². The van der Waals surface area contributed by atoms with E-state index in [0.717, 1.165) is 25.7 Å². The molecule has 1 aliphatic rings. The van der Waals surface area contributed by atoms with E-state index in [1.807, 2.05) is 18.2 Å². The summed E-state index contributed by atoms with van der Waals surface area (Å²) in [6.07, 6.45) is 3.95. The van der Waals surface area contributed by atoms with E-state index >= 15 is 0 Å². The Labute approximate surface area is 100 Å². The molecule has 0 bridgehead atoms. The van der Waals surface area contributed by atoms with Crippen molar-refractivity contribution in [3.8, 4) is 0 Å². The molecule has 0 atom stereocenters. The lowest BCUT2D eigenvalue weighted by Crippen LogP contribution is -2.37. The van der Waals surface area contributed by atoms with E-state index in [1.165, 1.54) is 0 Å². The standard InChI is InChI=1S/C13H16N2O2/c16-12(10-6-4-5-7-10)15-13(17)14-11-8-2-1-3-9-11/h1-3,8-10H,4-7H2,(H2,14,15,16,17). The summed E-state index contributed by atoms with van der Waals surface area (Å²) in [5.74, 6) is -0.146. The number of rotatable bonds is 2. The highest BCUT2D eigenvalue weighted by Gasteiger charge is 2.23. The predicted molar refractivity (Wildman–Crippen MR) is 65.6 cm³/mol. The molecule has 1 saturated carbocycles. The van der Waals surface area contributed by atoms with E-state index in [0.29, 0.717) is 5.69 Å². The van der Waals surface area contributed by atoms with Crippen LogP contribution < -0.4 is 10.6 Å². The van der Waals surface area contributed by atoms with Crippen LogP contribution in [0, 0.1) is 5.92 Å². The maximum absolute atomic E-state index is 11.7. The van der Waals surface area contributed by atoms with Gasteiger partial charge in [-0.1, -0.05) is 31.0 Å². The van der Waals surface area contributed by atoms with Crippen LogP contribution in [0.2, 0.25) is 0 Å². The zero-order chi connectivity index (χ0) is 12.1. The molecule has 4 nitrogen and oxygen atoms in total. The number of urea groups is 1. The van der Waals surface area contributed by atoms with E-state index in [1.54, 1.807) is 12.1 Å². The molecular weight excluding hydrogens is 216 g/mol. The van der Waals surface area contributed by atoms with Gasteiger partial charge in [-0.2, -0.15) is 0 Å². The fourth-order valence-corrected chi connectivity index (χ4v) is 2.09. The first-order valence-electron chi connectivity index (χ1n) is 5.92. The molecule has 17 heavy (non-hydrogen) atoms. The lowest BCUT2D eigenvalue weighted by molar-refractivity contribution is -0.123. The molecule has 0 radical (unpaired) electrons. The van der Waals surface area contributed by atoms with Crippen LogP contribution in [0.25, 0.3) is 0 Å². The summed E-state index contributed by atoms with van der Waals surface area (Å²) in [5, 5.41) is 5.01. The number of hydrogen-bond donors (Lipinski definition) is 2. The number of carbonyl (C=O) groups is 2. The zero-order valence-corrected chi connectivity index (χ0v) is 9.61. The molecule has 3 amide bonds. The summed E-state index contributed by atoms with van der Waals surface area (Å²) in [5.41, 5.74) is 0.684. The quantitative estimate of drug-likeness (QED) is 0.823. The van der Waals surface area contributed by atoms with Crippen LogP contribution in [0.1, 0.15) is 25.7 Å². The Morgan fingerprint density at radius 1 is 1.06 bits per heavy atom. The van der Waals surface area contributed by atoms with Crippen molar-refractivity contribution in [2.24, 2.45) is 5.92 Å². The maximum atomic E-state index is 11.7. The predicted octanol–water partition coefficient (Wildman–Crippen LogP) is 2.52. The molecule has 1 aliphatic carbocycles. The molecule has 0 unspecified atom stereocenters. The van der Waals surface area contributed by atoms with Crippen LogP contribution in [0.5, 0.6) is 0 Å². The number of imide groups is 1. The van der Waals surface area contributed by atoms with Crippen molar-refractivity contribution in [1.82, 2.24) is 5.32 Å². The van der Waals surface area contributed by atoms with E-state index in [2.05, 4.69) is 10.6 Å². The SMILES string of the molecule is O=C(NC(=O)C1CCCC1)Nc1ccccc1. The summed E-state index contributed by atoms with van der Waals surface area (Å²) < 4.78 is 0. The van der Waals surface area contributed by atoms with Crippen LogP contribution in [0.4, 0.5) is 10.5 Å². The number of para-hydroxylation sites is 1. The Hall–Kier alpha value is -1.84. The molecule has 2 N–H and O–H groups in total. The molecule has 1 fully saturated rings. The Kier molecular flexibility index (Phi) is 3.75. The van der Waals surface area contributed by atoms with Gasteiger partial charge >= 0.3 is 6.03 Å². The first-order chi connectivity index (χ1) is 8.25. The van der Waals surface area contributed by atoms with Crippen molar-refractivity contribution in [1.29, 1.82) is 0 Å². The monoisotopic (exact) mass is 232 g/mol. The van der Waals surface area contributed by atoms with Crippen LogP contribution in [-0.2, 0) is 4.79 Å². The van der Waals surface area contributed by atoms with Gasteiger partial charge in [0.05, 0.1) is 0 Å². The van der Waals surface area contributed by atoms with E-state index < -0.39 is 6.03 Å². The smallest absolute Gasteiger partial charge is 0.308 e. The zero-order valence-electron chi connectivity index (χ0n) is 9.61. The minimum Gasteiger partial charge on any atom is -0.308 e. The second-order valence-corrected chi connectivity index (χ2v) is 4.29. The molecule has 4 heteroatoms. The van der Waals surface area contributed by atoms with Crippen LogP contribution in [-0.4, -0.2) is 11.9 Å². The largest absolute Gasteiger partial charge is 0.325 e. The average molecular weight is 232 g/mol. The van der Waals surface area contributed by atoms with Gasteiger partial charge in [0.25, 0.3) is 0 Å². The molecule has 0 aliphatic heterocycles. The summed E-state index contributed by atoms with van der Waals surface area (Å²) in [6.45, 7) is 0. The second kappa shape index (κ2) is 5.48. The van der Waals surface area contributed by atoms with Crippen molar-refractivity contribution in [2.45, 2.75) is 25.7 Å². The molecule has 1 aromatic carbocycles. The number of amides is 3. The van der Waals surface area contributed by atoms with Crippen LogP contribution in [0.3, 0.4) is 0 Å². The molecular formula is C13H16N2O2. The highest BCUT2D eigenvalue weighted by atomic mass is 16.2. The topological polar surface area (TPSA) is 58.2 Å². The Morgan fingerprint density at radius 3 is 2.35 bits per heavy atom. The average Bonchev–Trinajstić information content (AvgIpc) is 2.83. The highest BCUT2D eigenvalue weighted by molar-refractivity contribution is 6.01. The molecule has 0 aromatic heterocycles. The van der Waals surface area contributed by atoms with Gasteiger partial charge in [0.15, 0.2) is 0 Å². The molecule has 1 aromatic rings. The Bertz CT molecular complexity index is 397. The maximum Gasteiger partial charge on any atom is 0.325 e. The van der Waals surface area contributed by atoms with E-state index in [4.69, 9.17) is 0 Å². The third-order valence-corrected chi connectivity index (χ3v) is 2.99. The van der Waals surface area contributed by atoms with Crippen molar-refractivity contribution in [2.75, 3.05) is 5.32 Å². The van der Waals surface area contributed by atoms with Gasteiger partial charge < -0.3 is 5.32 Å². The number of anilines is 1. The van der Waals surface area contributed by atoms with Crippen molar-refractivity contribution < 1.29 is 9.59 Å². The molecule has 0 saturated heterocycles. The van der Waals surface area contributed by atoms with Gasteiger partial charge in [0.2, 0.25) is 5.91 Å². The lowest BCUT2D eigenvalue weighted by Gasteiger charge is -2.10. The van der Waals surface area contributed by atoms with Gasteiger partial charge in [0, 0.05) is 11.6 Å². The molecule has 0 spiro atoms. The third-order valence-electron chi connectivity index (χ3n) is 2.99. The highest BCUT2D eigenvalue weighted by Crippen LogP contribution is 2.24. The minimum absolute atomic E-state index is 0.0107.